The van der Waals surface area contributed by atoms with Crippen LogP contribution in [0.15, 0.2) is 23.1 Å². The number of halogens is 1. The third kappa shape index (κ3) is 3.71. The molecule has 8 heteroatoms. The largest absolute Gasteiger partial charge is 0.482 e. The Morgan fingerprint density at radius 3 is 2.68 bits per heavy atom. The van der Waals surface area contributed by atoms with E-state index in [1.165, 1.54) is 18.2 Å². The molecule has 122 valence electrons. The SMILES string of the molecule is CC1(C)CCCN1C(=O)COc1cc(Cl)ccc1S(N)(=O)=O. The van der Waals surface area contributed by atoms with Gasteiger partial charge >= 0.3 is 0 Å². The summed E-state index contributed by atoms with van der Waals surface area (Å²) in [5.74, 6) is -0.205. The van der Waals surface area contributed by atoms with Crippen molar-refractivity contribution in [1.29, 1.82) is 0 Å². The van der Waals surface area contributed by atoms with Gasteiger partial charge in [0, 0.05) is 23.2 Å². The van der Waals surface area contributed by atoms with Crippen LogP contribution in [0.5, 0.6) is 5.75 Å². The fraction of sp³-hybridized carbons (Fsp3) is 0.500. The Morgan fingerprint density at radius 1 is 1.45 bits per heavy atom. The van der Waals surface area contributed by atoms with Crippen LogP contribution in [0.4, 0.5) is 0 Å². The fourth-order valence-electron chi connectivity index (χ4n) is 2.62. The number of hydrogen-bond donors (Lipinski definition) is 1. The normalized spacial score (nSPS) is 17.5. The van der Waals surface area contributed by atoms with Crippen molar-refractivity contribution in [3.63, 3.8) is 0 Å². The lowest BCUT2D eigenvalue weighted by molar-refractivity contribution is -0.136. The summed E-state index contributed by atoms with van der Waals surface area (Å²) >= 11 is 5.84. The molecule has 6 nitrogen and oxygen atoms in total. The van der Waals surface area contributed by atoms with E-state index in [0.717, 1.165) is 12.8 Å². The lowest BCUT2D eigenvalue weighted by Crippen LogP contribution is -2.44. The first kappa shape index (κ1) is 17.1. The number of rotatable bonds is 4. The maximum Gasteiger partial charge on any atom is 0.260 e. The first-order valence-electron chi connectivity index (χ1n) is 6.87. The lowest BCUT2D eigenvalue weighted by atomic mass is 10.0. The highest BCUT2D eigenvalue weighted by Crippen LogP contribution is 2.29. The van der Waals surface area contributed by atoms with E-state index in [2.05, 4.69) is 0 Å². The molecule has 22 heavy (non-hydrogen) atoms. The molecule has 0 radical (unpaired) electrons. The molecule has 0 aromatic heterocycles. The third-order valence-corrected chi connectivity index (χ3v) is 4.95. The van der Waals surface area contributed by atoms with Crippen LogP contribution in [0.2, 0.25) is 5.02 Å². The first-order chi connectivity index (χ1) is 10.1. The molecule has 1 heterocycles. The summed E-state index contributed by atoms with van der Waals surface area (Å²) in [6.45, 7) is 4.40. The number of primary sulfonamides is 1. The van der Waals surface area contributed by atoms with Gasteiger partial charge < -0.3 is 9.64 Å². The zero-order valence-electron chi connectivity index (χ0n) is 12.5. The van der Waals surface area contributed by atoms with E-state index in [0.29, 0.717) is 11.6 Å². The molecule has 2 N–H and O–H groups in total. The number of benzene rings is 1. The second-order valence-electron chi connectivity index (χ2n) is 5.89. The van der Waals surface area contributed by atoms with Gasteiger partial charge in [0.15, 0.2) is 6.61 Å². The highest BCUT2D eigenvalue weighted by molar-refractivity contribution is 7.89. The van der Waals surface area contributed by atoms with Crippen LogP contribution in [0.25, 0.3) is 0 Å². The van der Waals surface area contributed by atoms with Gasteiger partial charge in [-0.2, -0.15) is 0 Å². The molecule has 1 saturated heterocycles. The molecule has 1 aliphatic heterocycles. The Bertz CT molecular complexity index is 688. The summed E-state index contributed by atoms with van der Waals surface area (Å²) in [5.41, 5.74) is -0.211. The number of hydrogen-bond acceptors (Lipinski definition) is 4. The van der Waals surface area contributed by atoms with E-state index in [-0.39, 0.29) is 28.7 Å². The Kier molecular flexibility index (Phi) is 4.70. The molecule has 0 aliphatic carbocycles. The number of nitrogens with two attached hydrogens (primary N) is 1. The Morgan fingerprint density at radius 2 is 2.14 bits per heavy atom. The molecule has 0 atom stereocenters. The zero-order chi connectivity index (χ0) is 16.5. The summed E-state index contributed by atoms with van der Waals surface area (Å²) in [7, 11) is -3.95. The lowest BCUT2D eigenvalue weighted by Gasteiger charge is -2.31. The van der Waals surface area contributed by atoms with Crippen molar-refractivity contribution in [2.24, 2.45) is 5.14 Å². The Labute approximate surface area is 135 Å². The minimum Gasteiger partial charge on any atom is -0.482 e. The van der Waals surface area contributed by atoms with Crippen molar-refractivity contribution in [1.82, 2.24) is 4.90 Å². The quantitative estimate of drug-likeness (QED) is 0.899. The Balaban J connectivity index is 2.15. The number of likely N-dealkylation sites (tertiary alicyclic amines) is 1. The molecule has 1 aromatic carbocycles. The van der Waals surface area contributed by atoms with E-state index < -0.39 is 10.0 Å². The molecule has 1 fully saturated rings. The number of carbonyl (C=O) groups excluding carboxylic acids is 1. The number of nitrogens with zero attached hydrogens (tertiary/aromatic N) is 1. The molecule has 1 aromatic rings. The van der Waals surface area contributed by atoms with Gasteiger partial charge in [0.2, 0.25) is 10.0 Å². The average Bonchev–Trinajstić information content (AvgIpc) is 2.74. The second kappa shape index (κ2) is 6.06. The number of sulfonamides is 1. The molecule has 1 amide bonds. The predicted octanol–water partition coefficient (Wildman–Crippen LogP) is 1.77. The summed E-state index contributed by atoms with van der Waals surface area (Å²) in [6, 6.07) is 4.00. The summed E-state index contributed by atoms with van der Waals surface area (Å²) in [5, 5.41) is 5.44. The highest BCUT2D eigenvalue weighted by atomic mass is 35.5. The number of ether oxygens (including phenoxy) is 1. The minimum absolute atomic E-state index is 0.0136. The smallest absolute Gasteiger partial charge is 0.260 e. The van der Waals surface area contributed by atoms with Crippen molar-refractivity contribution >= 4 is 27.5 Å². The molecule has 0 saturated carbocycles. The van der Waals surface area contributed by atoms with Crippen LogP contribution < -0.4 is 9.88 Å². The van der Waals surface area contributed by atoms with Crippen LogP contribution in [0.1, 0.15) is 26.7 Å². The van der Waals surface area contributed by atoms with E-state index in [1.54, 1.807) is 4.90 Å². The van der Waals surface area contributed by atoms with Crippen molar-refractivity contribution in [3.8, 4) is 5.75 Å². The third-order valence-electron chi connectivity index (χ3n) is 3.77. The van der Waals surface area contributed by atoms with Gasteiger partial charge in [0.1, 0.15) is 10.6 Å². The summed E-state index contributed by atoms with van der Waals surface area (Å²) < 4.78 is 28.4. The molecule has 0 unspecified atom stereocenters. The van der Waals surface area contributed by atoms with Crippen LogP contribution >= 0.6 is 11.6 Å². The zero-order valence-corrected chi connectivity index (χ0v) is 14.1. The van der Waals surface area contributed by atoms with Gasteiger partial charge in [0.25, 0.3) is 5.91 Å². The van der Waals surface area contributed by atoms with Gasteiger partial charge in [-0.3, -0.25) is 4.79 Å². The van der Waals surface area contributed by atoms with Gasteiger partial charge in [0.05, 0.1) is 0 Å². The first-order valence-corrected chi connectivity index (χ1v) is 8.79. The molecule has 0 bridgehead atoms. The van der Waals surface area contributed by atoms with E-state index in [4.69, 9.17) is 21.5 Å². The monoisotopic (exact) mass is 346 g/mol. The van der Waals surface area contributed by atoms with Crippen molar-refractivity contribution < 1.29 is 17.9 Å². The van der Waals surface area contributed by atoms with Crippen molar-refractivity contribution in [2.45, 2.75) is 37.1 Å². The molecular weight excluding hydrogens is 328 g/mol. The minimum atomic E-state index is -3.95. The average molecular weight is 347 g/mol. The van der Waals surface area contributed by atoms with E-state index >= 15 is 0 Å². The van der Waals surface area contributed by atoms with Crippen molar-refractivity contribution in [2.75, 3.05) is 13.2 Å². The highest BCUT2D eigenvalue weighted by Gasteiger charge is 2.35. The Hall–Kier alpha value is -1.31. The van der Waals surface area contributed by atoms with E-state index in [9.17, 15) is 13.2 Å². The van der Waals surface area contributed by atoms with Crippen LogP contribution in [0.3, 0.4) is 0 Å². The standard InChI is InChI=1S/C14H19ClN2O4S/c1-14(2)6-3-7-17(14)13(18)9-21-11-8-10(15)4-5-12(11)22(16,19)20/h4-5,8H,3,6-7,9H2,1-2H3,(H2,16,19,20). The molecule has 0 spiro atoms. The van der Waals surface area contributed by atoms with Crippen molar-refractivity contribution in [3.05, 3.63) is 23.2 Å². The number of carbonyl (C=O) groups is 1. The van der Waals surface area contributed by atoms with Gasteiger partial charge in [-0.1, -0.05) is 11.6 Å². The topological polar surface area (TPSA) is 89.7 Å². The predicted molar refractivity (Wildman–Crippen MR) is 83.3 cm³/mol. The summed E-state index contributed by atoms with van der Waals surface area (Å²) in [6.07, 6.45) is 1.87. The van der Waals surface area contributed by atoms with Gasteiger partial charge in [-0.05, 0) is 38.8 Å². The molecular formula is C14H19ClN2O4S. The van der Waals surface area contributed by atoms with Crippen LogP contribution in [0, 0.1) is 0 Å². The maximum atomic E-state index is 12.3. The van der Waals surface area contributed by atoms with Crippen LogP contribution in [-0.2, 0) is 14.8 Å². The van der Waals surface area contributed by atoms with Gasteiger partial charge in [-0.15, -0.1) is 0 Å². The summed E-state index contributed by atoms with van der Waals surface area (Å²) in [4.78, 5) is 13.8. The number of amides is 1. The molecule has 2 rings (SSSR count). The van der Waals surface area contributed by atoms with Crippen LogP contribution in [-0.4, -0.2) is 37.9 Å². The van der Waals surface area contributed by atoms with Gasteiger partial charge in [-0.25, -0.2) is 13.6 Å². The maximum absolute atomic E-state index is 12.3. The fourth-order valence-corrected chi connectivity index (χ4v) is 3.43. The molecule has 1 aliphatic rings. The second-order valence-corrected chi connectivity index (χ2v) is 7.85. The van der Waals surface area contributed by atoms with E-state index in [1.807, 2.05) is 13.8 Å².